The molecule has 2 aromatic rings. The molecule has 0 amide bonds. The second kappa shape index (κ2) is 3.63. The number of carbonyl (C=O) groups is 1. The van der Waals surface area contributed by atoms with E-state index in [-0.39, 0.29) is 5.78 Å². The van der Waals surface area contributed by atoms with Gasteiger partial charge in [-0.15, -0.1) is 0 Å². The lowest BCUT2D eigenvalue weighted by Crippen LogP contribution is -2.05. The Bertz CT molecular complexity index is 565. The first-order valence-electron chi connectivity index (χ1n) is 5.61. The molecule has 0 unspecified atom stereocenters. The van der Waals surface area contributed by atoms with Gasteiger partial charge in [0.1, 0.15) is 0 Å². The quantitative estimate of drug-likeness (QED) is 0.772. The summed E-state index contributed by atoms with van der Waals surface area (Å²) in [6, 6.07) is 8.29. The molecule has 16 heavy (non-hydrogen) atoms. The van der Waals surface area contributed by atoms with Crippen LogP contribution in [0.4, 0.5) is 0 Å². The average molecular weight is 211 g/mol. The maximum Gasteiger partial charge on any atom is 0.155 e. The van der Waals surface area contributed by atoms with Crippen LogP contribution in [0.15, 0.2) is 42.6 Å². The van der Waals surface area contributed by atoms with E-state index in [1.54, 1.807) is 6.08 Å². The summed E-state index contributed by atoms with van der Waals surface area (Å²) in [4.78, 5) is 14.4. The number of aromatic nitrogens is 1. The molecular weight excluding hydrogens is 198 g/mol. The smallest absolute Gasteiger partial charge is 0.155 e. The maximum absolute atomic E-state index is 11.1. The molecule has 1 N–H and O–H groups in total. The van der Waals surface area contributed by atoms with Crippen molar-refractivity contribution in [3.63, 3.8) is 0 Å². The highest BCUT2D eigenvalue weighted by molar-refractivity contribution is 5.91. The summed E-state index contributed by atoms with van der Waals surface area (Å²) in [7, 11) is 0. The molecule has 0 aliphatic heterocycles. The number of nitrogens with one attached hydrogen (secondary N) is 1. The predicted molar refractivity (Wildman–Crippen MR) is 64.4 cm³/mol. The van der Waals surface area contributed by atoms with Gasteiger partial charge in [-0.05, 0) is 24.1 Å². The van der Waals surface area contributed by atoms with Crippen molar-refractivity contribution >= 4 is 16.7 Å². The highest BCUT2D eigenvalue weighted by atomic mass is 16.1. The Kier molecular flexibility index (Phi) is 2.13. The molecular formula is C14H13NO. The van der Waals surface area contributed by atoms with Gasteiger partial charge in [-0.2, -0.15) is 0 Å². The van der Waals surface area contributed by atoms with Crippen LogP contribution in [0.1, 0.15) is 24.3 Å². The summed E-state index contributed by atoms with van der Waals surface area (Å²) < 4.78 is 0. The van der Waals surface area contributed by atoms with Crippen molar-refractivity contribution < 1.29 is 4.79 Å². The molecule has 1 aliphatic rings. The Morgan fingerprint density at radius 2 is 2.12 bits per heavy atom. The van der Waals surface area contributed by atoms with E-state index in [1.807, 2.05) is 12.1 Å². The Balaban J connectivity index is 2.06. The van der Waals surface area contributed by atoms with Gasteiger partial charge in [0, 0.05) is 29.4 Å². The zero-order valence-electron chi connectivity index (χ0n) is 8.94. The van der Waals surface area contributed by atoms with E-state index in [9.17, 15) is 4.79 Å². The summed E-state index contributed by atoms with van der Waals surface area (Å²) in [5, 5.41) is 1.27. The van der Waals surface area contributed by atoms with Crippen LogP contribution >= 0.6 is 0 Å². The predicted octanol–water partition coefficient (Wildman–Crippen LogP) is 3.17. The second-order valence-corrected chi connectivity index (χ2v) is 4.26. The summed E-state index contributed by atoms with van der Waals surface area (Å²) in [5.41, 5.74) is 2.47. The minimum Gasteiger partial charge on any atom is -0.361 e. The highest BCUT2D eigenvalue weighted by Gasteiger charge is 2.17. The van der Waals surface area contributed by atoms with Crippen LogP contribution in [0.25, 0.3) is 10.9 Å². The standard InChI is InChI=1S/C14H13NO/c16-11-7-5-10(6-8-11)13-9-15-14-4-2-1-3-12(13)14/h1-5,7,9-10,15H,6,8H2/t10-/m1/s1. The molecule has 3 rings (SSSR count). The van der Waals surface area contributed by atoms with Gasteiger partial charge < -0.3 is 4.98 Å². The number of ketones is 1. The van der Waals surface area contributed by atoms with Gasteiger partial charge in [-0.1, -0.05) is 24.3 Å². The number of allylic oxidation sites excluding steroid dienone is 2. The van der Waals surface area contributed by atoms with Gasteiger partial charge in [0.25, 0.3) is 0 Å². The monoisotopic (exact) mass is 211 g/mol. The number of para-hydroxylation sites is 1. The summed E-state index contributed by atoms with van der Waals surface area (Å²) >= 11 is 0. The van der Waals surface area contributed by atoms with Gasteiger partial charge in [0.2, 0.25) is 0 Å². The fourth-order valence-corrected chi connectivity index (χ4v) is 2.36. The third-order valence-electron chi connectivity index (χ3n) is 3.24. The van der Waals surface area contributed by atoms with Gasteiger partial charge in [0.15, 0.2) is 5.78 Å². The number of carbonyl (C=O) groups excluding carboxylic acids is 1. The fraction of sp³-hybridized carbons (Fsp3) is 0.214. The van der Waals surface area contributed by atoms with E-state index in [0.717, 1.165) is 6.42 Å². The highest BCUT2D eigenvalue weighted by Crippen LogP contribution is 2.31. The number of hydrogen-bond donors (Lipinski definition) is 1. The molecule has 0 radical (unpaired) electrons. The molecule has 0 spiro atoms. The van der Waals surface area contributed by atoms with Crippen LogP contribution in [0, 0.1) is 0 Å². The lowest BCUT2D eigenvalue weighted by atomic mass is 9.89. The van der Waals surface area contributed by atoms with Gasteiger partial charge >= 0.3 is 0 Å². The third kappa shape index (κ3) is 1.47. The molecule has 0 saturated heterocycles. The minimum absolute atomic E-state index is 0.246. The number of H-pyrrole nitrogens is 1. The van der Waals surface area contributed by atoms with E-state index in [2.05, 4.69) is 29.4 Å². The Morgan fingerprint density at radius 3 is 2.94 bits per heavy atom. The third-order valence-corrected chi connectivity index (χ3v) is 3.24. The SMILES string of the molecule is O=C1C=C[C@@H](c2c[nH]c3ccccc23)CC1. The van der Waals surface area contributed by atoms with Gasteiger partial charge in [0.05, 0.1) is 0 Å². The first kappa shape index (κ1) is 9.40. The van der Waals surface area contributed by atoms with Crippen molar-refractivity contribution in [2.75, 3.05) is 0 Å². The first-order valence-corrected chi connectivity index (χ1v) is 5.61. The topological polar surface area (TPSA) is 32.9 Å². The normalized spacial score (nSPS) is 20.5. The molecule has 0 fully saturated rings. The molecule has 0 saturated carbocycles. The zero-order chi connectivity index (χ0) is 11.0. The molecule has 1 heterocycles. The van der Waals surface area contributed by atoms with Crippen LogP contribution in [-0.2, 0) is 4.79 Å². The molecule has 1 aliphatic carbocycles. The molecule has 1 atom stereocenters. The number of aromatic amines is 1. The number of rotatable bonds is 1. The number of benzene rings is 1. The second-order valence-electron chi connectivity index (χ2n) is 4.26. The van der Waals surface area contributed by atoms with E-state index >= 15 is 0 Å². The van der Waals surface area contributed by atoms with E-state index < -0.39 is 0 Å². The van der Waals surface area contributed by atoms with Crippen LogP contribution in [0.3, 0.4) is 0 Å². The molecule has 2 nitrogen and oxygen atoms in total. The number of hydrogen-bond acceptors (Lipinski definition) is 1. The van der Waals surface area contributed by atoms with Crippen molar-refractivity contribution in [1.82, 2.24) is 4.98 Å². The lowest BCUT2D eigenvalue weighted by Gasteiger charge is -2.14. The van der Waals surface area contributed by atoms with Crippen molar-refractivity contribution in [2.24, 2.45) is 0 Å². The van der Waals surface area contributed by atoms with Gasteiger partial charge in [-0.25, -0.2) is 0 Å². The molecule has 1 aromatic carbocycles. The summed E-state index contributed by atoms with van der Waals surface area (Å²) in [5.74, 6) is 0.630. The van der Waals surface area contributed by atoms with E-state index in [1.165, 1.54) is 16.5 Å². The van der Waals surface area contributed by atoms with Crippen molar-refractivity contribution in [1.29, 1.82) is 0 Å². The Hall–Kier alpha value is -1.83. The molecule has 2 heteroatoms. The van der Waals surface area contributed by atoms with E-state index in [0.29, 0.717) is 12.3 Å². The lowest BCUT2D eigenvalue weighted by molar-refractivity contribution is -0.115. The Morgan fingerprint density at radius 1 is 1.25 bits per heavy atom. The first-order chi connectivity index (χ1) is 7.84. The van der Waals surface area contributed by atoms with Crippen molar-refractivity contribution in [3.05, 3.63) is 48.2 Å². The fourth-order valence-electron chi connectivity index (χ4n) is 2.36. The average Bonchev–Trinajstić information content (AvgIpc) is 2.74. The van der Waals surface area contributed by atoms with Crippen LogP contribution in [0.5, 0.6) is 0 Å². The Labute approximate surface area is 94.0 Å². The van der Waals surface area contributed by atoms with Crippen LogP contribution < -0.4 is 0 Å². The largest absolute Gasteiger partial charge is 0.361 e. The van der Waals surface area contributed by atoms with Crippen LogP contribution in [0.2, 0.25) is 0 Å². The summed E-state index contributed by atoms with van der Waals surface area (Å²) in [6.45, 7) is 0. The number of fused-ring (bicyclic) bond motifs is 1. The zero-order valence-corrected chi connectivity index (χ0v) is 8.94. The molecule has 1 aromatic heterocycles. The van der Waals surface area contributed by atoms with Crippen LogP contribution in [-0.4, -0.2) is 10.8 Å². The summed E-state index contributed by atoms with van der Waals surface area (Å²) in [6.07, 6.45) is 7.41. The van der Waals surface area contributed by atoms with Crippen molar-refractivity contribution in [2.45, 2.75) is 18.8 Å². The van der Waals surface area contributed by atoms with E-state index in [4.69, 9.17) is 0 Å². The van der Waals surface area contributed by atoms with Crippen molar-refractivity contribution in [3.8, 4) is 0 Å². The minimum atomic E-state index is 0.246. The molecule has 80 valence electrons. The van der Waals surface area contributed by atoms with Gasteiger partial charge in [-0.3, -0.25) is 4.79 Å². The maximum atomic E-state index is 11.1. The molecule has 0 bridgehead atoms.